The summed E-state index contributed by atoms with van der Waals surface area (Å²) in [5, 5.41) is 22.5. The highest BCUT2D eigenvalue weighted by atomic mass is 32.2. The Hall–Kier alpha value is -2.14. The number of carboxylic acids is 2. The number of fused-ring (bicyclic) bond motifs is 1. The van der Waals surface area contributed by atoms with E-state index in [2.05, 4.69) is 5.32 Å². The maximum Gasteiger partial charge on any atom is 0.323 e. The Morgan fingerprint density at radius 1 is 1.28 bits per heavy atom. The summed E-state index contributed by atoms with van der Waals surface area (Å²) in [7, 11) is 0. The molecule has 0 aromatic heterocycles. The van der Waals surface area contributed by atoms with Gasteiger partial charge in [0.05, 0.1) is 23.6 Å². The van der Waals surface area contributed by atoms with Crippen molar-refractivity contribution in [3.8, 4) is 0 Å². The molecule has 0 radical (unpaired) electrons. The van der Waals surface area contributed by atoms with Crippen LogP contribution in [0.25, 0.3) is 0 Å². The Morgan fingerprint density at radius 3 is 2.69 bits per heavy atom. The third-order valence-corrected chi connectivity index (χ3v) is 7.38. The smallest absolute Gasteiger partial charge is 0.323 e. The van der Waals surface area contributed by atoms with Crippen molar-refractivity contribution < 1.29 is 29.3 Å². The highest BCUT2D eigenvalue weighted by Gasteiger charge is 2.46. The number of nitrogens with zero attached hydrogens (tertiary/aromatic N) is 1. The second kappa shape index (κ2) is 11.1. The van der Waals surface area contributed by atoms with Gasteiger partial charge in [-0.2, -0.15) is 0 Å². The van der Waals surface area contributed by atoms with Gasteiger partial charge >= 0.3 is 11.9 Å². The van der Waals surface area contributed by atoms with Crippen molar-refractivity contribution in [2.24, 2.45) is 17.6 Å². The van der Waals surface area contributed by atoms with Crippen molar-refractivity contribution in [1.29, 1.82) is 0 Å². The number of anilines is 1. The van der Waals surface area contributed by atoms with E-state index in [9.17, 15) is 24.6 Å². The molecule has 32 heavy (non-hydrogen) atoms. The fourth-order valence-corrected chi connectivity index (χ4v) is 5.59. The largest absolute Gasteiger partial charge is 0.481 e. The van der Waals surface area contributed by atoms with E-state index in [1.54, 1.807) is 24.3 Å². The maximum absolute atomic E-state index is 12.9. The number of benzene rings is 1. The second-order valence-corrected chi connectivity index (χ2v) is 9.78. The molecule has 0 saturated carbocycles. The zero-order valence-corrected chi connectivity index (χ0v) is 18.8. The molecule has 0 unspecified atom stereocenters. The summed E-state index contributed by atoms with van der Waals surface area (Å²) in [5.74, 6) is -3.29. The van der Waals surface area contributed by atoms with Gasteiger partial charge in [-0.3, -0.25) is 19.3 Å². The summed E-state index contributed by atoms with van der Waals surface area (Å²) in [6.07, 6.45) is 3.87. The van der Waals surface area contributed by atoms with Crippen molar-refractivity contribution in [2.75, 3.05) is 37.7 Å². The molecule has 2 atom stereocenters. The van der Waals surface area contributed by atoms with Crippen LogP contribution in [-0.4, -0.2) is 65.8 Å². The molecule has 176 valence electrons. The van der Waals surface area contributed by atoms with Crippen LogP contribution in [0.1, 0.15) is 32.1 Å². The van der Waals surface area contributed by atoms with Crippen molar-refractivity contribution in [2.45, 2.75) is 41.9 Å². The molecule has 2 aliphatic rings. The normalized spacial score (nSPS) is 22.8. The van der Waals surface area contributed by atoms with E-state index in [1.165, 1.54) is 0 Å². The number of nitrogens with one attached hydrogen (secondary N) is 1. The summed E-state index contributed by atoms with van der Waals surface area (Å²) < 4.78 is 5.71. The van der Waals surface area contributed by atoms with E-state index in [0.717, 1.165) is 55.4 Å². The van der Waals surface area contributed by atoms with Crippen LogP contribution in [0.2, 0.25) is 0 Å². The molecule has 10 heteroatoms. The van der Waals surface area contributed by atoms with Gasteiger partial charge in [-0.1, -0.05) is 12.1 Å². The Balaban J connectivity index is 1.67. The number of carbonyl (C=O) groups is 3. The molecule has 1 fully saturated rings. The zero-order chi connectivity index (χ0) is 23.1. The van der Waals surface area contributed by atoms with E-state index in [4.69, 9.17) is 10.5 Å². The van der Waals surface area contributed by atoms with Crippen LogP contribution in [0.5, 0.6) is 0 Å². The molecule has 1 saturated heterocycles. The van der Waals surface area contributed by atoms with Crippen molar-refractivity contribution in [3.05, 3.63) is 24.3 Å². The third kappa shape index (κ3) is 6.22. The average molecular weight is 466 g/mol. The lowest BCUT2D eigenvalue weighted by atomic mass is 9.93. The minimum atomic E-state index is -1.47. The predicted molar refractivity (Wildman–Crippen MR) is 121 cm³/mol. The number of carbonyl (C=O) groups excluding carboxylic acids is 1. The van der Waals surface area contributed by atoms with Crippen LogP contribution in [0.4, 0.5) is 5.69 Å². The molecule has 9 nitrogen and oxygen atoms in total. The number of piperidine rings is 1. The third-order valence-electron chi connectivity index (χ3n) is 6.01. The molecule has 1 amide bonds. The Morgan fingerprint density at radius 2 is 2.00 bits per heavy atom. The first kappa shape index (κ1) is 24.5. The van der Waals surface area contributed by atoms with Crippen LogP contribution >= 0.6 is 11.8 Å². The number of thioether (sulfide) groups is 1. The molecule has 5 N–H and O–H groups in total. The van der Waals surface area contributed by atoms with E-state index in [-0.39, 0.29) is 13.0 Å². The van der Waals surface area contributed by atoms with Gasteiger partial charge in [-0.15, -0.1) is 11.8 Å². The number of rotatable bonds is 10. The number of hydrogen-bond acceptors (Lipinski definition) is 7. The Kier molecular flexibility index (Phi) is 8.52. The first-order valence-corrected chi connectivity index (χ1v) is 11.7. The molecule has 1 aromatic carbocycles. The number of hydrogen-bond donors (Lipinski definition) is 4. The van der Waals surface area contributed by atoms with Crippen LogP contribution in [0, 0.1) is 11.8 Å². The molecule has 0 spiro atoms. The minimum Gasteiger partial charge on any atom is -0.481 e. The van der Waals surface area contributed by atoms with E-state index < -0.39 is 35.2 Å². The maximum atomic E-state index is 12.9. The lowest BCUT2D eigenvalue weighted by molar-refractivity contribution is -0.146. The monoisotopic (exact) mass is 465 g/mol. The van der Waals surface area contributed by atoms with Crippen LogP contribution < -0.4 is 16.0 Å². The zero-order valence-electron chi connectivity index (χ0n) is 18.0. The lowest BCUT2D eigenvalue weighted by Crippen LogP contribution is -2.52. The highest BCUT2D eigenvalue weighted by Crippen LogP contribution is 2.45. The standard InChI is InChI=1S/C22H31N3O6S/c23-22(16(21(29)30)14-31-11-3-4-15-7-9-24-10-8-15)12-19(26)25(13-20(27)28)17-5-1-2-6-18(17)32-22/h1-2,5-6,15-16,24H,3-4,7-14,23H2,(H,27,28)(H,29,30)/t16-,22+/m0/s1. The first-order valence-electron chi connectivity index (χ1n) is 10.9. The lowest BCUT2D eigenvalue weighted by Gasteiger charge is -2.32. The number of nitrogens with two attached hydrogens (primary N) is 1. The van der Waals surface area contributed by atoms with E-state index >= 15 is 0 Å². The van der Waals surface area contributed by atoms with Crippen LogP contribution in [-0.2, 0) is 19.1 Å². The molecule has 1 aromatic rings. The van der Waals surface area contributed by atoms with Gasteiger partial charge in [-0.25, -0.2) is 0 Å². The fourth-order valence-electron chi connectivity index (χ4n) is 4.24. The number of ether oxygens (including phenoxy) is 1. The molecule has 2 aliphatic heterocycles. The number of amides is 1. The quantitative estimate of drug-likeness (QED) is 0.380. The summed E-state index contributed by atoms with van der Waals surface area (Å²) in [5.41, 5.74) is 6.96. The molecular weight excluding hydrogens is 434 g/mol. The van der Waals surface area contributed by atoms with Crippen molar-refractivity contribution in [3.63, 3.8) is 0 Å². The second-order valence-electron chi connectivity index (χ2n) is 8.38. The van der Waals surface area contributed by atoms with Crippen molar-refractivity contribution >= 4 is 35.3 Å². The molecule has 2 heterocycles. The SMILES string of the molecule is N[C@]1([C@@H](COCCCC2CCNCC2)C(=O)O)CC(=O)N(CC(=O)O)c2ccccc2S1. The topological polar surface area (TPSA) is 142 Å². The van der Waals surface area contributed by atoms with Gasteiger partial charge in [0.2, 0.25) is 5.91 Å². The minimum absolute atomic E-state index is 0.112. The number of aliphatic carboxylic acids is 2. The summed E-state index contributed by atoms with van der Waals surface area (Å²) in [4.78, 5) is 36.6. The number of carboxylic acid groups (broad SMARTS) is 2. The van der Waals surface area contributed by atoms with E-state index in [1.807, 2.05) is 0 Å². The molecule has 3 rings (SSSR count). The van der Waals surface area contributed by atoms with E-state index in [0.29, 0.717) is 23.1 Å². The van der Waals surface area contributed by atoms with Gasteiger partial charge in [-0.05, 0) is 56.8 Å². The number of para-hydroxylation sites is 1. The molecule has 0 aliphatic carbocycles. The Bertz CT molecular complexity index is 832. The van der Waals surface area contributed by atoms with Crippen molar-refractivity contribution in [1.82, 2.24) is 5.32 Å². The van der Waals surface area contributed by atoms with Crippen LogP contribution in [0.15, 0.2) is 29.2 Å². The fraction of sp³-hybridized carbons (Fsp3) is 0.591. The Labute approximate surface area is 191 Å². The van der Waals surface area contributed by atoms with Crippen LogP contribution in [0.3, 0.4) is 0 Å². The average Bonchev–Trinajstić information content (AvgIpc) is 2.85. The summed E-state index contributed by atoms with van der Waals surface area (Å²) >= 11 is 1.09. The van der Waals surface area contributed by atoms with Gasteiger partial charge in [0, 0.05) is 11.5 Å². The van der Waals surface area contributed by atoms with Gasteiger partial charge < -0.3 is 26.0 Å². The first-order chi connectivity index (χ1) is 15.3. The van der Waals surface area contributed by atoms with Gasteiger partial charge in [0.25, 0.3) is 0 Å². The predicted octanol–water partition coefficient (Wildman–Crippen LogP) is 1.75. The van der Waals surface area contributed by atoms with Gasteiger partial charge in [0.1, 0.15) is 12.5 Å². The summed E-state index contributed by atoms with van der Waals surface area (Å²) in [6, 6.07) is 6.80. The highest BCUT2D eigenvalue weighted by molar-refractivity contribution is 8.00. The summed E-state index contributed by atoms with van der Waals surface area (Å²) in [6.45, 7) is 1.88. The molecule has 0 bridgehead atoms. The molecular formula is C22H31N3O6S. The van der Waals surface area contributed by atoms with Gasteiger partial charge in [0.15, 0.2) is 0 Å².